The van der Waals surface area contributed by atoms with Crippen molar-refractivity contribution < 1.29 is 4.39 Å². The summed E-state index contributed by atoms with van der Waals surface area (Å²) in [5.41, 5.74) is 1.77. The highest BCUT2D eigenvalue weighted by molar-refractivity contribution is 9.11. The number of aryl methyl sites for hydroxylation is 1. The lowest BCUT2D eigenvalue weighted by Gasteiger charge is -2.17. The summed E-state index contributed by atoms with van der Waals surface area (Å²) in [6.45, 7) is 4.93. The van der Waals surface area contributed by atoms with E-state index in [-0.39, 0.29) is 11.9 Å². The maximum absolute atomic E-state index is 13.9. The van der Waals surface area contributed by atoms with E-state index in [2.05, 4.69) is 34.2 Å². The monoisotopic (exact) mass is 375 g/mol. The zero-order valence-corrected chi connectivity index (χ0v) is 14.5. The minimum atomic E-state index is -0.243. The summed E-state index contributed by atoms with van der Waals surface area (Å²) in [6, 6.07) is 7.04. The van der Waals surface area contributed by atoms with Gasteiger partial charge in [-0.05, 0) is 59.6 Å². The van der Waals surface area contributed by atoms with E-state index < -0.39 is 0 Å². The predicted octanol–water partition coefficient (Wildman–Crippen LogP) is 5.50. The Hall–Kier alpha value is -0.420. The lowest BCUT2D eigenvalue weighted by atomic mass is 10.0. The van der Waals surface area contributed by atoms with Crippen LogP contribution in [0.25, 0.3) is 0 Å². The summed E-state index contributed by atoms with van der Waals surface area (Å²) in [5.74, 6) is -0.243. The van der Waals surface area contributed by atoms with Crippen molar-refractivity contribution in [3.63, 3.8) is 0 Å². The van der Waals surface area contributed by atoms with E-state index in [4.69, 9.17) is 11.6 Å². The van der Waals surface area contributed by atoms with Crippen LogP contribution in [-0.4, -0.2) is 6.54 Å². The van der Waals surface area contributed by atoms with Gasteiger partial charge in [0, 0.05) is 21.5 Å². The second kappa shape index (κ2) is 7.03. The molecule has 1 atom stereocenters. The molecule has 1 N–H and O–H groups in total. The summed E-state index contributed by atoms with van der Waals surface area (Å²) < 4.78 is 15.1. The molecule has 0 aliphatic heterocycles. The highest BCUT2D eigenvalue weighted by atomic mass is 79.9. The summed E-state index contributed by atoms with van der Waals surface area (Å²) in [6.07, 6.45) is 0.547. The van der Waals surface area contributed by atoms with E-state index in [0.29, 0.717) is 17.0 Å². The zero-order valence-electron chi connectivity index (χ0n) is 11.3. The Bertz CT molecular complexity index is 560. The molecule has 20 heavy (non-hydrogen) atoms. The topological polar surface area (TPSA) is 12.0 Å². The van der Waals surface area contributed by atoms with Crippen LogP contribution in [0.2, 0.25) is 5.02 Å². The lowest BCUT2D eigenvalue weighted by molar-refractivity contribution is 0.534. The molecule has 1 aromatic heterocycles. The molecule has 5 heteroatoms. The van der Waals surface area contributed by atoms with E-state index in [1.807, 2.05) is 6.92 Å². The standard InChI is InChI=1S/C15H16BrClFNS/c1-3-19-13(14-7-9(2)15(16)20-14)8-10-11(17)5-4-6-12(10)18/h4-7,13,19H,3,8H2,1-2H3. The number of benzene rings is 1. The van der Waals surface area contributed by atoms with Crippen LogP contribution in [0.5, 0.6) is 0 Å². The minimum Gasteiger partial charge on any atom is -0.309 e. The number of hydrogen-bond acceptors (Lipinski definition) is 2. The summed E-state index contributed by atoms with van der Waals surface area (Å²) in [7, 11) is 0. The van der Waals surface area contributed by atoms with Gasteiger partial charge in [-0.15, -0.1) is 11.3 Å². The number of nitrogens with one attached hydrogen (secondary N) is 1. The molecule has 0 radical (unpaired) electrons. The first kappa shape index (κ1) is 16.0. The third-order valence-corrected chi connectivity index (χ3v) is 5.74. The van der Waals surface area contributed by atoms with Crippen LogP contribution >= 0.6 is 38.9 Å². The van der Waals surface area contributed by atoms with Crippen LogP contribution in [0.1, 0.15) is 29.0 Å². The van der Waals surface area contributed by atoms with Crippen LogP contribution in [0, 0.1) is 12.7 Å². The first-order chi connectivity index (χ1) is 9.52. The van der Waals surface area contributed by atoms with E-state index in [0.717, 1.165) is 10.3 Å². The van der Waals surface area contributed by atoms with Gasteiger partial charge in [-0.1, -0.05) is 24.6 Å². The van der Waals surface area contributed by atoms with Gasteiger partial charge in [-0.2, -0.15) is 0 Å². The van der Waals surface area contributed by atoms with Crippen LogP contribution in [0.3, 0.4) is 0 Å². The number of thiophene rings is 1. The van der Waals surface area contributed by atoms with Crippen molar-refractivity contribution in [1.82, 2.24) is 5.32 Å². The number of rotatable bonds is 5. The van der Waals surface area contributed by atoms with Gasteiger partial charge in [0.25, 0.3) is 0 Å². The predicted molar refractivity (Wildman–Crippen MR) is 88.3 cm³/mol. The summed E-state index contributed by atoms with van der Waals surface area (Å²) in [4.78, 5) is 1.19. The van der Waals surface area contributed by atoms with Gasteiger partial charge in [0.15, 0.2) is 0 Å². The average Bonchev–Trinajstić information content (AvgIpc) is 2.73. The van der Waals surface area contributed by atoms with Crippen LogP contribution in [0.4, 0.5) is 4.39 Å². The fraction of sp³-hybridized carbons (Fsp3) is 0.333. The highest BCUT2D eigenvalue weighted by Gasteiger charge is 2.18. The Morgan fingerprint density at radius 2 is 2.20 bits per heavy atom. The molecule has 0 saturated heterocycles. The van der Waals surface area contributed by atoms with Crippen LogP contribution in [-0.2, 0) is 6.42 Å². The number of halogens is 3. The van der Waals surface area contributed by atoms with Gasteiger partial charge in [0.2, 0.25) is 0 Å². The Balaban J connectivity index is 2.30. The molecule has 2 aromatic rings. The second-order valence-corrected chi connectivity index (χ2v) is 7.43. The smallest absolute Gasteiger partial charge is 0.127 e. The third-order valence-electron chi connectivity index (χ3n) is 3.14. The molecule has 0 fully saturated rings. The van der Waals surface area contributed by atoms with Crippen molar-refractivity contribution in [3.8, 4) is 0 Å². The number of hydrogen-bond donors (Lipinski definition) is 1. The molecular weight excluding hydrogens is 361 g/mol. The molecule has 0 saturated carbocycles. The Kier molecular flexibility index (Phi) is 5.61. The molecule has 1 unspecified atom stereocenters. The van der Waals surface area contributed by atoms with Gasteiger partial charge < -0.3 is 5.32 Å². The molecule has 0 spiro atoms. The molecule has 0 aliphatic carbocycles. The molecule has 1 nitrogen and oxygen atoms in total. The fourth-order valence-corrected chi connectivity index (χ4v) is 3.99. The second-order valence-electron chi connectivity index (χ2n) is 4.62. The van der Waals surface area contributed by atoms with E-state index in [1.165, 1.54) is 16.5 Å². The van der Waals surface area contributed by atoms with Gasteiger partial charge in [0.1, 0.15) is 5.82 Å². The van der Waals surface area contributed by atoms with E-state index in [9.17, 15) is 4.39 Å². The van der Waals surface area contributed by atoms with Crippen LogP contribution < -0.4 is 5.32 Å². The SMILES string of the molecule is CCNC(Cc1c(F)cccc1Cl)c1cc(C)c(Br)s1. The maximum atomic E-state index is 13.9. The highest BCUT2D eigenvalue weighted by Crippen LogP contribution is 2.34. The van der Waals surface area contributed by atoms with Crippen LogP contribution in [0.15, 0.2) is 28.1 Å². The third kappa shape index (κ3) is 3.61. The molecule has 2 rings (SSSR count). The van der Waals surface area contributed by atoms with Crippen molar-refractivity contribution in [3.05, 3.63) is 54.9 Å². The van der Waals surface area contributed by atoms with Gasteiger partial charge >= 0.3 is 0 Å². The first-order valence-corrected chi connectivity index (χ1v) is 8.43. The van der Waals surface area contributed by atoms with Gasteiger partial charge in [-0.3, -0.25) is 0 Å². The Morgan fingerprint density at radius 3 is 2.75 bits per heavy atom. The molecule has 0 amide bonds. The molecule has 0 aliphatic rings. The zero-order chi connectivity index (χ0) is 14.7. The fourth-order valence-electron chi connectivity index (χ4n) is 2.11. The van der Waals surface area contributed by atoms with Crippen molar-refractivity contribution in [2.24, 2.45) is 0 Å². The molecular formula is C15H16BrClFNS. The first-order valence-electron chi connectivity index (χ1n) is 6.45. The van der Waals surface area contributed by atoms with Crippen molar-refractivity contribution in [1.29, 1.82) is 0 Å². The summed E-state index contributed by atoms with van der Waals surface area (Å²) >= 11 is 11.3. The Labute approximate surface area is 136 Å². The van der Waals surface area contributed by atoms with Gasteiger partial charge in [-0.25, -0.2) is 4.39 Å². The molecule has 1 aromatic carbocycles. The summed E-state index contributed by atoms with van der Waals surface area (Å²) in [5, 5.41) is 3.89. The minimum absolute atomic E-state index is 0.0735. The van der Waals surface area contributed by atoms with E-state index in [1.54, 1.807) is 23.5 Å². The quantitative estimate of drug-likeness (QED) is 0.726. The molecule has 1 heterocycles. The number of likely N-dealkylation sites (N-methyl/N-ethyl adjacent to an activating group) is 1. The molecule has 108 valence electrons. The van der Waals surface area contributed by atoms with Crippen molar-refractivity contribution in [2.75, 3.05) is 6.54 Å². The van der Waals surface area contributed by atoms with E-state index >= 15 is 0 Å². The normalized spacial score (nSPS) is 12.7. The van der Waals surface area contributed by atoms with Crippen molar-refractivity contribution >= 4 is 38.9 Å². The largest absolute Gasteiger partial charge is 0.309 e. The lowest BCUT2D eigenvalue weighted by Crippen LogP contribution is -2.22. The Morgan fingerprint density at radius 1 is 1.45 bits per heavy atom. The maximum Gasteiger partial charge on any atom is 0.127 e. The van der Waals surface area contributed by atoms with Crippen molar-refractivity contribution in [2.45, 2.75) is 26.3 Å². The average molecular weight is 377 g/mol. The van der Waals surface area contributed by atoms with Gasteiger partial charge in [0.05, 0.1) is 3.79 Å². The molecule has 0 bridgehead atoms.